The predicted octanol–water partition coefficient (Wildman–Crippen LogP) is 2.50. The van der Waals surface area contributed by atoms with Crippen LogP contribution < -0.4 is 0 Å². The summed E-state index contributed by atoms with van der Waals surface area (Å²) in [5.74, 6) is 0. The molecule has 0 rings (SSSR count). The Morgan fingerprint density at radius 3 is 2.43 bits per heavy atom. The maximum absolute atomic E-state index is 10.2. The van der Waals surface area contributed by atoms with Crippen molar-refractivity contribution in [1.29, 1.82) is 0 Å². The molecular formula is C4H10ClOP. The molecule has 7 heavy (non-hydrogen) atoms. The average molecular weight is 141 g/mol. The molecule has 0 bridgehead atoms. The first kappa shape index (κ1) is 7.52. The van der Waals surface area contributed by atoms with Gasteiger partial charge in [-0.15, -0.1) is 0 Å². The molecule has 0 radical (unpaired) electrons. The van der Waals surface area contributed by atoms with Crippen molar-refractivity contribution in [2.24, 2.45) is 0 Å². The zero-order valence-electron chi connectivity index (χ0n) is 4.41. The standard InChI is InChI=1S/C4H10ClOP/c1-2-3-4-7(5)6/h7H,2-4H2,1H3. The van der Waals surface area contributed by atoms with Crippen molar-refractivity contribution < 1.29 is 4.57 Å². The van der Waals surface area contributed by atoms with Gasteiger partial charge in [0, 0.05) is 6.16 Å². The molecule has 0 N–H and O–H groups in total. The molecule has 0 aromatic carbocycles. The molecule has 1 nitrogen and oxygen atoms in total. The lowest BCUT2D eigenvalue weighted by Crippen LogP contribution is -1.69. The normalized spacial score (nSPS) is 14.0. The maximum Gasteiger partial charge on any atom is 0.158 e. The van der Waals surface area contributed by atoms with Crippen LogP contribution in [0.1, 0.15) is 19.8 Å². The molecule has 1 atom stereocenters. The summed E-state index contributed by atoms with van der Waals surface area (Å²) in [6.07, 6.45) is 2.80. The van der Waals surface area contributed by atoms with Gasteiger partial charge in [0.1, 0.15) is 0 Å². The van der Waals surface area contributed by atoms with Gasteiger partial charge >= 0.3 is 0 Å². The molecule has 0 heterocycles. The summed E-state index contributed by atoms with van der Waals surface area (Å²) in [6, 6.07) is 0. The molecule has 44 valence electrons. The van der Waals surface area contributed by atoms with E-state index in [4.69, 9.17) is 11.2 Å². The van der Waals surface area contributed by atoms with Gasteiger partial charge in [0.25, 0.3) is 0 Å². The van der Waals surface area contributed by atoms with Gasteiger partial charge in [0.15, 0.2) is 7.15 Å². The molecule has 0 saturated carbocycles. The van der Waals surface area contributed by atoms with Gasteiger partial charge in [-0.25, -0.2) is 0 Å². The first-order valence-electron chi connectivity index (χ1n) is 2.45. The van der Waals surface area contributed by atoms with Gasteiger partial charge < -0.3 is 4.57 Å². The lowest BCUT2D eigenvalue weighted by molar-refractivity contribution is 0.594. The first-order chi connectivity index (χ1) is 3.27. The highest BCUT2D eigenvalue weighted by molar-refractivity contribution is 7.73. The second-order valence-electron chi connectivity index (χ2n) is 1.46. The highest BCUT2D eigenvalue weighted by atomic mass is 35.7. The number of hydrogen-bond acceptors (Lipinski definition) is 1. The summed E-state index contributed by atoms with van der Waals surface area (Å²) in [4.78, 5) is 0. The minimum absolute atomic E-state index is 0.711. The Balaban J connectivity index is 2.82. The summed E-state index contributed by atoms with van der Waals surface area (Å²) < 4.78 is 10.2. The summed E-state index contributed by atoms with van der Waals surface area (Å²) in [5.41, 5.74) is 0. The third-order valence-corrected chi connectivity index (χ3v) is 2.04. The summed E-state index contributed by atoms with van der Waals surface area (Å²) >= 11 is 5.20. The van der Waals surface area contributed by atoms with Crippen molar-refractivity contribution in [3.05, 3.63) is 0 Å². The van der Waals surface area contributed by atoms with Crippen LogP contribution in [-0.2, 0) is 4.57 Å². The van der Waals surface area contributed by atoms with Crippen LogP contribution in [0.3, 0.4) is 0 Å². The number of halogens is 1. The Morgan fingerprint density at radius 1 is 1.71 bits per heavy atom. The number of hydrogen-bond donors (Lipinski definition) is 0. The molecule has 0 aromatic rings. The maximum atomic E-state index is 10.2. The minimum Gasteiger partial charge on any atom is -0.310 e. The SMILES string of the molecule is CCCC[PH](=O)Cl. The van der Waals surface area contributed by atoms with Crippen LogP contribution in [0.2, 0.25) is 0 Å². The molecule has 0 aliphatic rings. The van der Waals surface area contributed by atoms with Gasteiger partial charge in [0.2, 0.25) is 0 Å². The van der Waals surface area contributed by atoms with Gasteiger partial charge in [-0.05, 0) is 6.42 Å². The lowest BCUT2D eigenvalue weighted by atomic mass is 10.4. The molecule has 0 spiro atoms. The third kappa shape index (κ3) is 6.52. The van der Waals surface area contributed by atoms with Crippen LogP contribution in [0, 0.1) is 0 Å². The van der Waals surface area contributed by atoms with E-state index in [1.54, 1.807) is 0 Å². The van der Waals surface area contributed by atoms with Crippen molar-refractivity contribution in [2.45, 2.75) is 19.8 Å². The molecule has 0 aliphatic heterocycles. The molecule has 3 heteroatoms. The van der Waals surface area contributed by atoms with Gasteiger partial charge in [-0.1, -0.05) is 24.6 Å². The van der Waals surface area contributed by atoms with Crippen molar-refractivity contribution in [2.75, 3.05) is 6.16 Å². The van der Waals surface area contributed by atoms with Crippen LogP contribution in [0.4, 0.5) is 0 Å². The Labute approximate surface area is 49.6 Å². The fraction of sp³-hybridized carbons (Fsp3) is 1.00. The molecule has 0 aromatic heterocycles. The number of unbranched alkanes of at least 4 members (excludes halogenated alkanes) is 1. The first-order valence-corrected chi connectivity index (χ1v) is 5.08. The Hall–Kier alpha value is 0.520. The lowest BCUT2D eigenvalue weighted by Gasteiger charge is -1.86. The van der Waals surface area contributed by atoms with Crippen molar-refractivity contribution in [3.8, 4) is 0 Å². The fourth-order valence-corrected chi connectivity index (χ4v) is 1.35. The molecular weight excluding hydrogens is 130 g/mol. The largest absolute Gasteiger partial charge is 0.310 e. The van der Waals surface area contributed by atoms with Crippen LogP contribution in [0.25, 0.3) is 0 Å². The van der Waals surface area contributed by atoms with Crippen molar-refractivity contribution in [3.63, 3.8) is 0 Å². The summed E-state index contributed by atoms with van der Waals surface area (Å²) in [7, 11) is -1.68. The van der Waals surface area contributed by atoms with Gasteiger partial charge in [-0.2, -0.15) is 0 Å². The van der Waals surface area contributed by atoms with Crippen molar-refractivity contribution >= 4 is 18.4 Å². The second-order valence-corrected chi connectivity index (χ2v) is 3.93. The van der Waals surface area contributed by atoms with E-state index in [-0.39, 0.29) is 0 Å². The Morgan fingerprint density at radius 2 is 2.29 bits per heavy atom. The highest BCUT2D eigenvalue weighted by Crippen LogP contribution is 2.26. The van der Waals surface area contributed by atoms with E-state index in [9.17, 15) is 4.57 Å². The van der Waals surface area contributed by atoms with E-state index >= 15 is 0 Å². The van der Waals surface area contributed by atoms with E-state index in [1.165, 1.54) is 0 Å². The van der Waals surface area contributed by atoms with Crippen LogP contribution in [-0.4, -0.2) is 6.16 Å². The Bertz CT molecular complexity index is 64.7. The van der Waals surface area contributed by atoms with Crippen LogP contribution >= 0.6 is 18.4 Å². The molecule has 0 amide bonds. The summed E-state index contributed by atoms with van der Waals surface area (Å²) in [6.45, 7) is 2.06. The van der Waals surface area contributed by atoms with Crippen LogP contribution in [0.5, 0.6) is 0 Å². The zero-order valence-corrected chi connectivity index (χ0v) is 6.16. The second kappa shape index (κ2) is 4.67. The number of rotatable bonds is 3. The minimum atomic E-state index is -1.68. The average Bonchev–Trinajstić information content (AvgIpc) is 1.61. The topological polar surface area (TPSA) is 17.1 Å². The van der Waals surface area contributed by atoms with E-state index < -0.39 is 7.15 Å². The van der Waals surface area contributed by atoms with E-state index in [0.29, 0.717) is 6.16 Å². The third-order valence-electron chi connectivity index (χ3n) is 0.727. The zero-order chi connectivity index (χ0) is 5.70. The van der Waals surface area contributed by atoms with Crippen molar-refractivity contribution in [1.82, 2.24) is 0 Å². The molecule has 0 fully saturated rings. The highest BCUT2D eigenvalue weighted by Gasteiger charge is 1.88. The quantitative estimate of drug-likeness (QED) is 0.551. The smallest absolute Gasteiger partial charge is 0.158 e. The molecule has 0 aliphatic carbocycles. The van der Waals surface area contributed by atoms with Gasteiger partial charge in [-0.3, -0.25) is 0 Å². The van der Waals surface area contributed by atoms with Crippen LogP contribution in [0.15, 0.2) is 0 Å². The molecule has 1 unspecified atom stereocenters. The van der Waals surface area contributed by atoms with E-state index in [2.05, 4.69) is 6.92 Å². The fourth-order valence-electron chi connectivity index (χ4n) is 0.316. The monoisotopic (exact) mass is 140 g/mol. The van der Waals surface area contributed by atoms with Gasteiger partial charge in [0.05, 0.1) is 0 Å². The van der Waals surface area contributed by atoms with E-state index in [0.717, 1.165) is 12.8 Å². The summed E-state index contributed by atoms with van der Waals surface area (Å²) in [5, 5.41) is 0. The van der Waals surface area contributed by atoms with E-state index in [1.807, 2.05) is 0 Å². The Kier molecular flexibility index (Phi) is 5.02. The predicted molar refractivity (Wildman–Crippen MR) is 34.6 cm³/mol. The molecule has 0 saturated heterocycles.